The van der Waals surface area contributed by atoms with Gasteiger partial charge in [-0.2, -0.15) is 0 Å². The normalized spacial score (nSPS) is 33.2. The summed E-state index contributed by atoms with van der Waals surface area (Å²) in [5.74, 6) is -0.544. The topological polar surface area (TPSA) is 246 Å². The van der Waals surface area contributed by atoms with Crippen molar-refractivity contribution in [3.63, 3.8) is 0 Å². The Hall–Kier alpha value is -1.83. The molecule has 3 heterocycles. The molecule has 3 aliphatic rings. The van der Waals surface area contributed by atoms with Crippen LogP contribution in [0.4, 0.5) is 0 Å². The Bertz CT molecular complexity index is 925. The lowest BCUT2D eigenvalue weighted by molar-refractivity contribution is -0.301. The molecule has 2 amide bonds. The molecule has 0 aromatic carbocycles. The van der Waals surface area contributed by atoms with Crippen molar-refractivity contribution >= 4 is 17.6 Å². The molecule has 10 unspecified atom stereocenters. The summed E-state index contributed by atoms with van der Waals surface area (Å²) in [6, 6.07) is -0.610. The Morgan fingerprint density at radius 2 is 1.29 bits per heavy atom. The van der Waals surface area contributed by atoms with Crippen LogP contribution < -0.4 is 10.6 Å². The van der Waals surface area contributed by atoms with Gasteiger partial charge in [0.2, 0.25) is 11.8 Å². The minimum atomic E-state index is -1.51. The zero-order chi connectivity index (χ0) is 32.9. The van der Waals surface area contributed by atoms with Crippen LogP contribution in [-0.2, 0) is 38.1 Å². The van der Waals surface area contributed by atoms with Crippen LogP contribution >= 0.6 is 0 Å². The third-order valence-electron chi connectivity index (χ3n) is 8.11. The van der Waals surface area contributed by atoms with Gasteiger partial charge in [0.05, 0.1) is 19.3 Å². The third-order valence-corrected chi connectivity index (χ3v) is 8.11. The number of hydrogen-bond acceptors (Lipinski definition) is 14. The zero-order valence-electron chi connectivity index (χ0n) is 25.7. The highest BCUT2D eigenvalue weighted by Crippen LogP contribution is 2.37. The Kier molecular flexibility index (Phi) is 16.0. The number of unbranched alkanes of at least 4 members (excludes halogenated alkanes) is 3. The van der Waals surface area contributed by atoms with Crippen molar-refractivity contribution in [2.75, 3.05) is 33.0 Å². The van der Waals surface area contributed by atoms with Gasteiger partial charge in [0.1, 0.15) is 48.8 Å². The van der Waals surface area contributed by atoms with E-state index >= 15 is 0 Å². The van der Waals surface area contributed by atoms with E-state index in [4.69, 9.17) is 23.7 Å². The molecule has 16 heteroatoms. The Morgan fingerprint density at radius 3 is 1.91 bits per heavy atom. The molecule has 3 aliphatic heterocycles. The first-order valence-corrected chi connectivity index (χ1v) is 15.8. The number of hydrogen-bond donors (Lipinski definition) is 8. The van der Waals surface area contributed by atoms with E-state index in [0.717, 1.165) is 0 Å². The van der Waals surface area contributed by atoms with Crippen molar-refractivity contribution in [2.24, 2.45) is 0 Å². The lowest BCUT2D eigenvalue weighted by atomic mass is 9.99. The number of fused-ring (bicyclic) bond motifs is 1. The molecule has 8 N–H and O–H groups in total. The fourth-order valence-corrected chi connectivity index (χ4v) is 5.29. The monoisotopic (exact) mass is 650 g/mol. The Morgan fingerprint density at radius 1 is 0.689 bits per heavy atom. The molecule has 3 fully saturated rings. The summed E-state index contributed by atoms with van der Waals surface area (Å²) in [6.07, 6.45) is -5.50. The van der Waals surface area contributed by atoms with Gasteiger partial charge >= 0.3 is 0 Å². The lowest BCUT2D eigenvalue weighted by Crippen LogP contribution is -2.59. The van der Waals surface area contributed by atoms with Gasteiger partial charge in [-0.1, -0.05) is 0 Å². The van der Waals surface area contributed by atoms with Crippen LogP contribution in [-0.4, -0.2) is 149 Å². The smallest absolute Gasteiger partial charge is 0.220 e. The number of ketones is 1. The summed E-state index contributed by atoms with van der Waals surface area (Å²) in [4.78, 5) is 36.5. The molecule has 45 heavy (non-hydrogen) atoms. The summed E-state index contributed by atoms with van der Waals surface area (Å²) < 4.78 is 27.1. The van der Waals surface area contributed by atoms with Crippen molar-refractivity contribution in [2.45, 2.75) is 132 Å². The summed E-state index contributed by atoms with van der Waals surface area (Å²) in [6.45, 7) is 1.47. The van der Waals surface area contributed by atoms with Gasteiger partial charge in [0, 0.05) is 32.6 Å². The first-order chi connectivity index (χ1) is 21.6. The molecule has 260 valence electrons. The number of epoxide rings is 1. The van der Waals surface area contributed by atoms with E-state index in [0.29, 0.717) is 51.5 Å². The van der Waals surface area contributed by atoms with Gasteiger partial charge in [0.15, 0.2) is 18.4 Å². The second-order valence-corrected chi connectivity index (χ2v) is 11.7. The molecule has 0 aromatic heterocycles. The zero-order valence-corrected chi connectivity index (χ0v) is 25.7. The molecule has 3 rings (SSSR count). The van der Waals surface area contributed by atoms with E-state index in [2.05, 4.69) is 10.6 Å². The number of carbonyl (C=O) groups excluding carboxylic acids is 3. The highest BCUT2D eigenvalue weighted by molar-refractivity contribution is 5.87. The van der Waals surface area contributed by atoms with E-state index in [9.17, 15) is 45.0 Å². The van der Waals surface area contributed by atoms with Crippen LogP contribution in [0.3, 0.4) is 0 Å². The minimum Gasteiger partial charge on any atom is -0.394 e. The van der Waals surface area contributed by atoms with E-state index in [-0.39, 0.29) is 62.5 Å². The van der Waals surface area contributed by atoms with Crippen molar-refractivity contribution in [3.05, 3.63) is 0 Å². The van der Waals surface area contributed by atoms with Crippen LogP contribution in [0.15, 0.2) is 0 Å². The van der Waals surface area contributed by atoms with Crippen LogP contribution in [0.1, 0.15) is 64.7 Å². The maximum Gasteiger partial charge on any atom is 0.220 e. The van der Waals surface area contributed by atoms with E-state index in [1.165, 1.54) is 6.92 Å². The second-order valence-electron chi connectivity index (χ2n) is 11.7. The first-order valence-electron chi connectivity index (χ1n) is 15.8. The largest absolute Gasteiger partial charge is 0.394 e. The number of amides is 2. The Balaban J connectivity index is 1.18. The van der Waals surface area contributed by atoms with Crippen LogP contribution in [0.25, 0.3) is 0 Å². The molecular formula is C29H50N2O14. The van der Waals surface area contributed by atoms with E-state index in [1.807, 2.05) is 0 Å². The number of nitrogens with one attached hydrogen (secondary N) is 2. The Labute approximate surface area is 262 Å². The average molecular weight is 651 g/mol. The standard InChI is InChI=1S/C29H50N2O14/c1-16(34)17(31-21(36)10-4-7-13-42-29-25(40)27-26(45-27)19(15-33)44-29)8-2-5-11-30-20(35)9-3-6-12-41-28-24(39)23(38)22(37)18(14-32)43-28/h17-19,22-29,32-33,37-40H,2-15H2,1H3,(H,30,35)(H,31,36)/t17-,18?,19?,22?,23?,24?,25?,26?,27?,28?,29?/m0/s1. The van der Waals surface area contributed by atoms with Crippen LogP contribution in [0.2, 0.25) is 0 Å². The predicted octanol–water partition coefficient (Wildman–Crippen LogP) is -2.63. The van der Waals surface area contributed by atoms with Crippen molar-refractivity contribution in [1.82, 2.24) is 10.6 Å². The van der Waals surface area contributed by atoms with Gasteiger partial charge in [-0.05, 0) is 51.9 Å². The average Bonchev–Trinajstić information content (AvgIpc) is 3.82. The summed E-state index contributed by atoms with van der Waals surface area (Å²) in [5, 5.41) is 63.8. The van der Waals surface area contributed by atoms with Gasteiger partial charge in [-0.25, -0.2) is 0 Å². The molecule has 16 nitrogen and oxygen atoms in total. The SMILES string of the molecule is CC(=O)[C@H](CCCCNC(=O)CCCCOC1OC(CO)C(O)C(O)C1O)NC(=O)CCCCOC1OC(CO)C2OC2C1O. The summed E-state index contributed by atoms with van der Waals surface area (Å²) >= 11 is 0. The second kappa shape index (κ2) is 19.1. The van der Waals surface area contributed by atoms with Gasteiger partial charge in [-0.3, -0.25) is 14.4 Å². The maximum absolute atomic E-state index is 12.4. The van der Waals surface area contributed by atoms with E-state index in [1.54, 1.807) is 0 Å². The van der Waals surface area contributed by atoms with Gasteiger partial charge in [0.25, 0.3) is 0 Å². The maximum atomic E-state index is 12.4. The van der Waals surface area contributed by atoms with Crippen LogP contribution in [0, 0.1) is 0 Å². The summed E-state index contributed by atoms with van der Waals surface area (Å²) in [7, 11) is 0. The quantitative estimate of drug-likeness (QED) is 0.0468. The highest BCUT2D eigenvalue weighted by Gasteiger charge is 2.57. The number of rotatable bonds is 21. The minimum absolute atomic E-state index is 0.143. The fraction of sp³-hybridized carbons (Fsp3) is 0.897. The highest BCUT2D eigenvalue weighted by atomic mass is 16.7. The van der Waals surface area contributed by atoms with E-state index < -0.39 is 61.9 Å². The summed E-state index contributed by atoms with van der Waals surface area (Å²) in [5.41, 5.74) is 0. The number of Topliss-reactive ketones (excluding diaryl/α,β-unsaturated/α-hetero) is 1. The lowest BCUT2D eigenvalue weighted by Gasteiger charge is -2.39. The van der Waals surface area contributed by atoms with Crippen molar-refractivity contribution in [3.8, 4) is 0 Å². The van der Waals surface area contributed by atoms with Crippen molar-refractivity contribution in [1.29, 1.82) is 0 Å². The first kappa shape index (κ1) is 37.6. The molecule has 11 atom stereocenters. The van der Waals surface area contributed by atoms with Crippen LogP contribution in [0.5, 0.6) is 0 Å². The number of carbonyl (C=O) groups is 3. The molecule has 0 aliphatic carbocycles. The molecule has 0 radical (unpaired) electrons. The fourth-order valence-electron chi connectivity index (χ4n) is 5.29. The van der Waals surface area contributed by atoms with Crippen molar-refractivity contribution < 1.29 is 68.7 Å². The number of aliphatic hydroxyl groups is 6. The molecule has 3 saturated heterocycles. The van der Waals surface area contributed by atoms with Gasteiger partial charge in [-0.15, -0.1) is 0 Å². The number of aliphatic hydroxyl groups excluding tert-OH is 6. The third kappa shape index (κ3) is 11.7. The molecule has 0 saturated carbocycles. The predicted molar refractivity (Wildman–Crippen MR) is 153 cm³/mol. The molecule has 0 aromatic rings. The molecule has 0 bridgehead atoms. The molecule has 0 spiro atoms. The number of ether oxygens (including phenoxy) is 5. The van der Waals surface area contributed by atoms with Gasteiger partial charge < -0.3 is 65.0 Å². The molecular weight excluding hydrogens is 600 g/mol.